The van der Waals surface area contributed by atoms with Crippen LogP contribution in [0.5, 0.6) is 0 Å². The molecule has 0 aliphatic heterocycles. The van der Waals surface area contributed by atoms with E-state index in [2.05, 4.69) is 31.4 Å². The molecule has 0 heterocycles. The van der Waals surface area contributed by atoms with E-state index in [9.17, 15) is 0 Å². The maximum atomic E-state index is 5.83. The largest absolute Gasteiger partial charge is 0.326 e. The summed E-state index contributed by atoms with van der Waals surface area (Å²) < 4.78 is 0. The Labute approximate surface area is 95.9 Å². The van der Waals surface area contributed by atoms with Crippen LogP contribution in [0.15, 0.2) is 43.5 Å². The van der Waals surface area contributed by atoms with Gasteiger partial charge >= 0.3 is 0 Å². The van der Waals surface area contributed by atoms with Gasteiger partial charge in [-0.3, -0.25) is 0 Å². The van der Waals surface area contributed by atoms with Gasteiger partial charge in [-0.15, -0.1) is 0 Å². The molecule has 2 aromatic rings. The molecule has 16 heavy (non-hydrogen) atoms. The monoisotopic (exact) mass is 209 g/mol. The van der Waals surface area contributed by atoms with Gasteiger partial charge in [-0.05, 0) is 33.5 Å². The van der Waals surface area contributed by atoms with E-state index in [1.165, 1.54) is 10.8 Å². The summed E-state index contributed by atoms with van der Waals surface area (Å²) >= 11 is 0. The average molecular weight is 209 g/mol. The lowest BCUT2D eigenvalue weighted by molar-refractivity contribution is 1.08. The van der Waals surface area contributed by atoms with Crippen molar-refractivity contribution in [3.63, 3.8) is 0 Å². The molecule has 0 aliphatic carbocycles. The summed E-state index contributed by atoms with van der Waals surface area (Å²) in [6.07, 6.45) is 3.70. The number of benzene rings is 2. The molecule has 2 N–H and O–H groups in total. The Kier molecular flexibility index (Phi) is 2.88. The Morgan fingerprint density at radius 1 is 1.12 bits per heavy atom. The maximum absolute atomic E-state index is 5.83. The van der Waals surface area contributed by atoms with Crippen LogP contribution in [-0.4, -0.2) is 0 Å². The molecule has 0 unspecified atom stereocenters. The van der Waals surface area contributed by atoms with E-state index >= 15 is 0 Å². The Balaban J connectivity index is 2.93. The van der Waals surface area contributed by atoms with Crippen molar-refractivity contribution in [1.82, 2.24) is 0 Å². The molecule has 0 bridgehead atoms. The van der Waals surface area contributed by atoms with Crippen LogP contribution in [0.25, 0.3) is 22.9 Å². The summed E-state index contributed by atoms with van der Waals surface area (Å²) in [5, 5.41) is 2.40. The lowest BCUT2D eigenvalue weighted by Crippen LogP contribution is -2.01. The van der Waals surface area contributed by atoms with Crippen molar-refractivity contribution in [3.8, 4) is 0 Å². The summed E-state index contributed by atoms with van der Waals surface area (Å²) in [6.45, 7) is 8.20. The molecule has 80 valence electrons. The van der Waals surface area contributed by atoms with Crippen LogP contribution in [0.2, 0.25) is 0 Å². The molecule has 2 aromatic carbocycles. The zero-order chi connectivity index (χ0) is 11.5. The molecule has 0 aromatic heterocycles. The minimum Gasteiger partial charge on any atom is -0.326 e. The molecule has 0 saturated heterocycles. The minimum absolute atomic E-state index is 0.517. The van der Waals surface area contributed by atoms with Crippen LogP contribution in [0.1, 0.15) is 16.7 Å². The number of nitrogens with two attached hydrogens (primary N) is 1. The van der Waals surface area contributed by atoms with E-state index < -0.39 is 0 Å². The third kappa shape index (κ3) is 1.55. The van der Waals surface area contributed by atoms with E-state index in [-0.39, 0.29) is 0 Å². The van der Waals surface area contributed by atoms with Crippen molar-refractivity contribution >= 4 is 22.9 Å². The second kappa shape index (κ2) is 4.33. The smallest absolute Gasteiger partial charge is 0.0190 e. The SMILES string of the molecule is C=Cc1cc2ccccc2c(CN)c1C=C. The van der Waals surface area contributed by atoms with Crippen LogP contribution >= 0.6 is 0 Å². The minimum atomic E-state index is 0.517. The van der Waals surface area contributed by atoms with Gasteiger partial charge in [-0.2, -0.15) is 0 Å². The first-order chi connectivity index (χ1) is 7.81. The highest BCUT2D eigenvalue weighted by Gasteiger charge is 2.07. The number of rotatable bonds is 3. The Morgan fingerprint density at radius 2 is 1.88 bits per heavy atom. The van der Waals surface area contributed by atoms with Crippen LogP contribution < -0.4 is 5.73 Å². The molecule has 0 amide bonds. The molecule has 0 aliphatic rings. The molecule has 0 saturated carbocycles. The van der Waals surface area contributed by atoms with E-state index in [0.29, 0.717) is 6.54 Å². The van der Waals surface area contributed by atoms with E-state index in [1.807, 2.05) is 24.3 Å². The Bertz CT molecular complexity index is 553. The van der Waals surface area contributed by atoms with Crippen molar-refractivity contribution in [1.29, 1.82) is 0 Å². The standard InChI is InChI=1S/C15H15N/c1-3-11-9-12-7-5-6-8-14(12)15(10-16)13(11)4-2/h3-9H,1-2,10,16H2. The van der Waals surface area contributed by atoms with E-state index in [1.54, 1.807) is 0 Å². The fourth-order valence-corrected chi connectivity index (χ4v) is 2.09. The lowest BCUT2D eigenvalue weighted by Gasteiger charge is -2.12. The fraction of sp³-hybridized carbons (Fsp3) is 0.0667. The maximum Gasteiger partial charge on any atom is 0.0190 e. The summed E-state index contributed by atoms with van der Waals surface area (Å²) in [4.78, 5) is 0. The van der Waals surface area contributed by atoms with Gasteiger partial charge in [0.25, 0.3) is 0 Å². The van der Waals surface area contributed by atoms with Gasteiger partial charge in [0.05, 0.1) is 0 Å². The second-order valence-electron chi connectivity index (χ2n) is 3.69. The summed E-state index contributed by atoms with van der Waals surface area (Å²) in [5.41, 5.74) is 9.16. The van der Waals surface area contributed by atoms with Gasteiger partial charge in [-0.25, -0.2) is 0 Å². The van der Waals surface area contributed by atoms with Crippen LogP contribution in [0.3, 0.4) is 0 Å². The summed E-state index contributed by atoms with van der Waals surface area (Å²) in [6, 6.07) is 10.4. The predicted molar refractivity (Wildman–Crippen MR) is 72.0 cm³/mol. The summed E-state index contributed by atoms with van der Waals surface area (Å²) in [5.74, 6) is 0. The highest BCUT2D eigenvalue weighted by Crippen LogP contribution is 2.27. The molecule has 0 fully saturated rings. The number of hydrogen-bond acceptors (Lipinski definition) is 1. The molecule has 1 nitrogen and oxygen atoms in total. The predicted octanol–water partition coefficient (Wildman–Crippen LogP) is 3.58. The molecule has 0 atom stereocenters. The van der Waals surface area contributed by atoms with Gasteiger partial charge < -0.3 is 5.73 Å². The third-order valence-electron chi connectivity index (χ3n) is 2.86. The Hall–Kier alpha value is -1.86. The highest BCUT2D eigenvalue weighted by molar-refractivity contribution is 5.92. The van der Waals surface area contributed by atoms with E-state index in [0.717, 1.165) is 16.7 Å². The molecule has 2 rings (SSSR count). The number of hydrogen-bond donors (Lipinski definition) is 1. The van der Waals surface area contributed by atoms with Crippen molar-refractivity contribution in [3.05, 3.63) is 60.2 Å². The first-order valence-electron chi connectivity index (χ1n) is 5.31. The second-order valence-corrected chi connectivity index (χ2v) is 3.69. The first-order valence-corrected chi connectivity index (χ1v) is 5.31. The fourth-order valence-electron chi connectivity index (χ4n) is 2.09. The average Bonchev–Trinajstić information content (AvgIpc) is 2.36. The van der Waals surface area contributed by atoms with Crippen LogP contribution in [0.4, 0.5) is 0 Å². The topological polar surface area (TPSA) is 26.0 Å². The van der Waals surface area contributed by atoms with Crippen LogP contribution in [0, 0.1) is 0 Å². The van der Waals surface area contributed by atoms with Gasteiger partial charge in [0.2, 0.25) is 0 Å². The van der Waals surface area contributed by atoms with E-state index in [4.69, 9.17) is 5.73 Å². The van der Waals surface area contributed by atoms with Crippen LogP contribution in [-0.2, 0) is 6.54 Å². The zero-order valence-corrected chi connectivity index (χ0v) is 9.24. The quantitative estimate of drug-likeness (QED) is 0.821. The Morgan fingerprint density at radius 3 is 2.50 bits per heavy atom. The van der Waals surface area contributed by atoms with Gasteiger partial charge in [0.1, 0.15) is 0 Å². The van der Waals surface area contributed by atoms with Crippen molar-refractivity contribution in [2.45, 2.75) is 6.54 Å². The molecule has 0 radical (unpaired) electrons. The molecular weight excluding hydrogens is 194 g/mol. The third-order valence-corrected chi connectivity index (χ3v) is 2.86. The molecule has 1 heteroatoms. The lowest BCUT2D eigenvalue weighted by atomic mass is 9.94. The van der Waals surface area contributed by atoms with Gasteiger partial charge in [-0.1, -0.05) is 49.6 Å². The molecule has 0 spiro atoms. The highest BCUT2D eigenvalue weighted by atomic mass is 14.5. The van der Waals surface area contributed by atoms with Gasteiger partial charge in [0, 0.05) is 6.54 Å². The number of fused-ring (bicyclic) bond motifs is 1. The van der Waals surface area contributed by atoms with Crippen molar-refractivity contribution in [2.75, 3.05) is 0 Å². The first kappa shape index (κ1) is 10.7. The van der Waals surface area contributed by atoms with Crippen molar-refractivity contribution in [2.24, 2.45) is 5.73 Å². The van der Waals surface area contributed by atoms with Gasteiger partial charge in [0.15, 0.2) is 0 Å². The van der Waals surface area contributed by atoms with Crippen molar-refractivity contribution < 1.29 is 0 Å². The molecular formula is C15H15N. The summed E-state index contributed by atoms with van der Waals surface area (Å²) in [7, 11) is 0. The normalized spacial score (nSPS) is 10.3. The zero-order valence-electron chi connectivity index (χ0n) is 9.24.